The Morgan fingerprint density at radius 1 is 1.19 bits per heavy atom. The smallest absolute Gasteiger partial charge is 0.120 e. The average Bonchev–Trinajstić information content (AvgIpc) is 2.47. The van der Waals surface area contributed by atoms with Crippen molar-refractivity contribution in [2.75, 3.05) is 13.2 Å². The van der Waals surface area contributed by atoms with Gasteiger partial charge in [-0.25, -0.2) is 0 Å². The van der Waals surface area contributed by atoms with Crippen molar-refractivity contribution in [2.45, 2.75) is 38.8 Å². The van der Waals surface area contributed by atoms with E-state index in [9.17, 15) is 5.11 Å². The molecule has 0 heterocycles. The van der Waals surface area contributed by atoms with Gasteiger partial charge in [-0.05, 0) is 43.3 Å². The molecule has 0 radical (unpaired) electrons. The van der Waals surface area contributed by atoms with Crippen LogP contribution in [0.5, 0.6) is 5.75 Å². The number of hydrogen-bond donors (Lipinski definition) is 2. The lowest BCUT2D eigenvalue weighted by Gasteiger charge is -2.31. The van der Waals surface area contributed by atoms with Crippen LogP contribution in [0, 0.1) is 0 Å². The molecule has 114 valence electrons. The van der Waals surface area contributed by atoms with Crippen molar-refractivity contribution in [3.8, 4) is 5.75 Å². The lowest BCUT2D eigenvalue weighted by Crippen LogP contribution is -2.48. The number of ether oxygens (including phenoxy) is 1. The van der Waals surface area contributed by atoms with Crippen LogP contribution in [0.15, 0.2) is 42.5 Å². The maximum absolute atomic E-state index is 9.55. The summed E-state index contributed by atoms with van der Waals surface area (Å²) in [5, 5.41) is 15.3. The molecule has 0 saturated carbocycles. The van der Waals surface area contributed by atoms with E-state index in [1.165, 1.54) is 10.8 Å². The van der Waals surface area contributed by atoms with E-state index in [4.69, 9.17) is 4.74 Å². The molecule has 0 aliphatic heterocycles. The molecule has 3 nitrogen and oxygen atoms in total. The SMILES string of the molecule is CCNC(C)(CO)CC(C)Oc1ccc2ccccc2c1. The van der Waals surface area contributed by atoms with Crippen molar-refractivity contribution in [2.24, 2.45) is 0 Å². The van der Waals surface area contributed by atoms with Gasteiger partial charge in [-0.2, -0.15) is 0 Å². The average molecular weight is 287 g/mol. The normalized spacial score (nSPS) is 15.6. The first kappa shape index (κ1) is 15.8. The number of nitrogens with one attached hydrogen (secondary N) is 1. The van der Waals surface area contributed by atoms with Crippen molar-refractivity contribution >= 4 is 10.8 Å². The number of aliphatic hydroxyl groups excluding tert-OH is 1. The zero-order valence-corrected chi connectivity index (χ0v) is 13.1. The summed E-state index contributed by atoms with van der Waals surface area (Å²) in [6, 6.07) is 14.4. The fraction of sp³-hybridized carbons (Fsp3) is 0.444. The zero-order chi connectivity index (χ0) is 15.3. The predicted octanol–water partition coefficient (Wildman–Crippen LogP) is 3.36. The van der Waals surface area contributed by atoms with E-state index >= 15 is 0 Å². The van der Waals surface area contributed by atoms with Crippen LogP contribution in [0.4, 0.5) is 0 Å². The molecule has 0 bridgehead atoms. The monoisotopic (exact) mass is 287 g/mol. The predicted molar refractivity (Wildman–Crippen MR) is 87.8 cm³/mol. The highest BCUT2D eigenvalue weighted by Crippen LogP contribution is 2.23. The van der Waals surface area contributed by atoms with Gasteiger partial charge in [0.25, 0.3) is 0 Å². The van der Waals surface area contributed by atoms with E-state index in [2.05, 4.69) is 29.6 Å². The van der Waals surface area contributed by atoms with E-state index < -0.39 is 0 Å². The van der Waals surface area contributed by atoms with E-state index in [1.807, 2.05) is 39.0 Å². The van der Waals surface area contributed by atoms with Gasteiger partial charge in [0.05, 0.1) is 12.7 Å². The highest BCUT2D eigenvalue weighted by Gasteiger charge is 2.25. The quantitative estimate of drug-likeness (QED) is 0.820. The van der Waals surface area contributed by atoms with Gasteiger partial charge in [0, 0.05) is 12.0 Å². The van der Waals surface area contributed by atoms with Crippen molar-refractivity contribution in [1.82, 2.24) is 5.32 Å². The summed E-state index contributed by atoms with van der Waals surface area (Å²) in [6.07, 6.45) is 0.784. The minimum Gasteiger partial charge on any atom is -0.491 e. The molecular weight excluding hydrogens is 262 g/mol. The molecule has 0 fully saturated rings. The van der Waals surface area contributed by atoms with Crippen LogP contribution in [-0.4, -0.2) is 29.9 Å². The molecule has 0 aliphatic rings. The topological polar surface area (TPSA) is 41.5 Å². The third-order valence-electron chi connectivity index (χ3n) is 3.75. The van der Waals surface area contributed by atoms with E-state index in [0.717, 1.165) is 18.7 Å². The van der Waals surface area contributed by atoms with E-state index in [1.54, 1.807) is 0 Å². The third kappa shape index (κ3) is 4.19. The summed E-state index contributed by atoms with van der Waals surface area (Å²) < 4.78 is 6.02. The Hall–Kier alpha value is -1.58. The lowest BCUT2D eigenvalue weighted by molar-refractivity contribution is 0.111. The first-order valence-corrected chi connectivity index (χ1v) is 7.57. The second-order valence-corrected chi connectivity index (χ2v) is 5.89. The van der Waals surface area contributed by atoms with Crippen LogP contribution < -0.4 is 10.1 Å². The molecular formula is C18H25NO2. The highest BCUT2D eigenvalue weighted by atomic mass is 16.5. The van der Waals surface area contributed by atoms with E-state index in [-0.39, 0.29) is 18.2 Å². The standard InChI is InChI=1S/C18H25NO2/c1-4-19-18(3,13-20)12-14(2)21-17-10-9-15-7-5-6-8-16(15)11-17/h5-11,14,19-20H,4,12-13H2,1-3H3. The Labute approximate surface area is 126 Å². The third-order valence-corrected chi connectivity index (χ3v) is 3.75. The van der Waals surface area contributed by atoms with Gasteiger partial charge < -0.3 is 15.2 Å². The van der Waals surface area contributed by atoms with Gasteiger partial charge in [0.15, 0.2) is 0 Å². The highest BCUT2D eigenvalue weighted by molar-refractivity contribution is 5.83. The molecule has 2 aromatic rings. The van der Waals surface area contributed by atoms with Crippen LogP contribution in [0.3, 0.4) is 0 Å². The van der Waals surface area contributed by atoms with Crippen molar-refractivity contribution in [3.63, 3.8) is 0 Å². The zero-order valence-electron chi connectivity index (χ0n) is 13.1. The molecule has 2 N–H and O–H groups in total. The first-order valence-electron chi connectivity index (χ1n) is 7.57. The van der Waals surface area contributed by atoms with Gasteiger partial charge in [0.1, 0.15) is 5.75 Å². The summed E-state index contributed by atoms with van der Waals surface area (Å²) in [4.78, 5) is 0. The summed E-state index contributed by atoms with van der Waals surface area (Å²) in [7, 11) is 0. The first-order chi connectivity index (χ1) is 10.1. The van der Waals surface area contributed by atoms with Gasteiger partial charge in [-0.3, -0.25) is 0 Å². The number of aliphatic hydroxyl groups is 1. The molecule has 2 unspecified atom stereocenters. The molecule has 0 spiro atoms. The van der Waals surface area contributed by atoms with Gasteiger partial charge in [0.2, 0.25) is 0 Å². The molecule has 2 aromatic carbocycles. The minimum atomic E-state index is -0.301. The number of likely N-dealkylation sites (N-methyl/N-ethyl adjacent to an activating group) is 1. The van der Waals surface area contributed by atoms with Crippen molar-refractivity contribution in [3.05, 3.63) is 42.5 Å². The summed E-state index contributed by atoms with van der Waals surface area (Å²) in [5.41, 5.74) is -0.301. The fourth-order valence-corrected chi connectivity index (χ4v) is 2.77. The lowest BCUT2D eigenvalue weighted by atomic mass is 9.95. The number of rotatable bonds is 7. The van der Waals surface area contributed by atoms with Crippen LogP contribution in [-0.2, 0) is 0 Å². The largest absolute Gasteiger partial charge is 0.491 e. The Kier molecular flexibility index (Phi) is 5.21. The van der Waals surface area contributed by atoms with Crippen LogP contribution in [0.1, 0.15) is 27.2 Å². The van der Waals surface area contributed by atoms with Crippen molar-refractivity contribution < 1.29 is 9.84 Å². The second kappa shape index (κ2) is 6.92. The Morgan fingerprint density at radius 3 is 2.57 bits per heavy atom. The van der Waals surface area contributed by atoms with Crippen LogP contribution >= 0.6 is 0 Å². The Bertz CT molecular complexity index is 584. The Morgan fingerprint density at radius 2 is 1.90 bits per heavy atom. The maximum atomic E-state index is 9.55. The second-order valence-electron chi connectivity index (χ2n) is 5.89. The molecule has 3 heteroatoms. The molecule has 0 aliphatic carbocycles. The molecule has 2 atom stereocenters. The van der Waals surface area contributed by atoms with Gasteiger partial charge in [-0.15, -0.1) is 0 Å². The molecule has 0 saturated heterocycles. The van der Waals surface area contributed by atoms with Gasteiger partial charge >= 0.3 is 0 Å². The maximum Gasteiger partial charge on any atom is 0.120 e. The number of hydrogen-bond acceptors (Lipinski definition) is 3. The summed E-state index contributed by atoms with van der Waals surface area (Å²) in [6.45, 7) is 7.05. The van der Waals surface area contributed by atoms with Crippen LogP contribution in [0.25, 0.3) is 10.8 Å². The van der Waals surface area contributed by atoms with Gasteiger partial charge in [-0.1, -0.05) is 37.3 Å². The van der Waals surface area contributed by atoms with Crippen LogP contribution in [0.2, 0.25) is 0 Å². The molecule has 0 amide bonds. The Balaban J connectivity index is 2.05. The van der Waals surface area contributed by atoms with Crippen molar-refractivity contribution in [1.29, 1.82) is 0 Å². The summed E-state index contributed by atoms with van der Waals surface area (Å²) in [5.74, 6) is 0.873. The molecule has 2 rings (SSSR count). The minimum absolute atomic E-state index is 0.0300. The number of fused-ring (bicyclic) bond motifs is 1. The molecule has 21 heavy (non-hydrogen) atoms. The summed E-state index contributed by atoms with van der Waals surface area (Å²) >= 11 is 0. The van der Waals surface area contributed by atoms with E-state index in [0.29, 0.717) is 0 Å². The molecule has 0 aromatic heterocycles. The fourth-order valence-electron chi connectivity index (χ4n) is 2.77. The number of benzene rings is 2.